The largest absolute Gasteiger partial charge is 0.384 e. The molecule has 1 fully saturated rings. The molecular weight excluding hydrogens is 320 g/mol. The number of amides is 1. The van der Waals surface area contributed by atoms with Gasteiger partial charge in [-0.1, -0.05) is 42.5 Å². The van der Waals surface area contributed by atoms with Crippen molar-refractivity contribution in [2.24, 2.45) is 5.92 Å². The van der Waals surface area contributed by atoms with Crippen LogP contribution < -0.4 is 5.32 Å². The summed E-state index contributed by atoms with van der Waals surface area (Å²) in [5.41, 5.74) is 5.02. The number of carbonyl (C=O) groups excluding carboxylic acids is 1. The summed E-state index contributed by atoms with van der Waals surface area (Å²) in [5, 5.41) is 3.42. The number of piperidine rings is 1. The first kappa shape index (κ1) is 18.5. The number of rotatable bonds is 6. The lowest BCUT2D eigenvalue weighted by Crippen LogP contribution is -2.39. The molecule has 0 radical (unpaired) electrons. The molecule has 1 heterocycles. The molecule has 3 heteroatoms. The highest BCUT2D eigenvalue weighted by molar-refractivity contribution is 5.76. The topological polar surface area (TPSA) is 32.3 Å². The summed E-state index contributed by atoms with van der Waals surface area (Å²) in [7, 11) is 0. The van der Waals surface area contributed by atoms with Crippen LogP contribution in [0.4, 0.5) is 5.69 Å². The molecule has 1 amide bonds. The minimum absolute atomic E-state index is 0.279. The Hall–Kier alpha value is -2.29. The van der Waals surface area contributed by atoms with Crippen LogP contribution >= 0.6 is 0 Å². The molecule has 1 saturated heterocycles. The molecule has 1 aliphatic heterocycles. The lowest BCUT2D eigenvalue weighted by molar-refractivity contribution is -0.132. The fourth-order valence-electron chi connectivity index (χ4n) is 3.72. The average Bonchev–Trinajstić information content (AvgIpc) is 2.66. The first-order chi connectivity index (χ1) is 12.6. The highest BCUT2D eigenvalue weighted by Crippen LogP contribution is 2.22. The number of anilines is 1. The molecule has 0 aromatic heterocycles. The number of carbonyl (C=O) groups is 1. The van der Waals surface area contributed by atoms with E-state index in [9.17, 15) is 4.79 Å². The first-order valence-electron chi connectivity index (χ1n) is 9.74. The van der Waals surface area contributed by atoms with E-state index in [1.54, 1.807) is 0 Å². The average molecular weight is 351 g/mol. The van der Waals surface area contributed by atoms with Crippen LogP contribution in [0, 0.1) is 19.8 Å². The van der Waals surface area contributed by atoms with Crippen LogP contribution in [-0.2, 0) is 11.2 Å². The van der Waals surface area contributed by atoms with Crippen molar-refractivity contribution in [3.05, 3.63) is 65.2 Å². The highest BCUT2D eigenvalue weighted by atomic mass is 16.2. The molecule has 138 valence electrons. The minimum atomic E-state index is 0.279. The monoisotopic (exact) mass is 350 g/mol. The fraction of sp³-hybridized carbons (Fsp3) is 0.435. The molecular formula is C23H30N2O. The second kappa shape index (κ2) is 8.88. The fourth-order valence-corrected chi connectivity index (χ4v) is 3.72. The van der Waals surface area contributed by atoms with E-state index >= 15 is 0 Å². The summed E-state index contributed by atoms with van der Waals surface area (Å²) in [5.74, 6) is 0.982. The lowest BCUT2D eigenvalue weighted by Gasteiger charge is -2.32. The molecule has 3 nitrogen and oxygen atoms in total. The molecule has 1 aliphatic rings. The Labute approximate surface area is 157 Å². The van der Waals surface area contributed by atoms with Gasteiger partial charge < -0.3 is 10.2 Å². The number of hydrogen-bond acceptors (Lipinski definition) is 2. The maximum atomic E-state index is 12.5. The third-order valence-electron chi connectivity index (χ3n) is 5.38. The second-order valence-corrected chi connectivity index (χ2v) is 7.51. The van der Waals surface area contributed by atoms with Gasteiger partial charge in [0.25, 0.3) is 0 Å². The Morgan fingerprint density at radius 1 is 1.08 bits per heavy atom. The lowest BCUT2D eigenvalue weighted by atomic mass is 9.90. The van der Waals surface area contributed by atoms with Gasteiger partial charge in [-0.2, -0.15) is 0 Å². The van der Waals surface area contributed by atoms with Crippen LogP contribution in [0.1, 0.15) is 36.0 Å². The van der Waals surface area contributed by atoms with E-state index in [2.05, 4.69) is 67.7 Å². The predicted octanol–water partition coefficient (Wildman–Crippen LogP) is 4.59. The number of benzene rings is 2. The Morgan fingerprint density at radius 3 is 2.54 bits per heavy atom. The zero-order valence-corrected chi connectivity index (χ0v) is 16.0. The quantitative estimate of drug-likeness (QED) is 0.826. The van der Waals surface area contributed by atoms with Crippen molar-refractivity contribution in [1.29, 1.82) is 0 Å². The van der Waals surface area contributed by atoms with Crippen LogP contribution in [0.3, 0.4) is 0 Å². The van der Waals surface area contributed by atoms with Gasteiger partial charge in [0.15, 0.2) is 0 Å². The van der Waals surface area contributed by atoms with Crippen molar-refractivity contribution >= 4 is 11.6 Å². The Balaban J connectivity index is 1.40. The number of hydrogen-bond donors (Lipinski definition) is 1. The van der Waals surface area contributed by atoms with Crippen molar-refractivity contribution in [3.63, 3.8) is 0 Å². The van der Waals surface area contributed by atoms with Crippen molar-refractivity contribution in [2.75, 3.05) is 25.0 Å². The maximum Gasteiger partial charge on any atom is 0.224 e. The summed E-state index contributed by atoms with van der Waals surface area (Å²) >= 11 is 0. The standard InChI is InChI=1S/C23H30N2O/c1-18-8-9-19(2)22(16-18)24-13-10-23(26)25-14-11-21(12-15-25)17-20-6-4-3-5-7-20/h3-9,16,21,24H,10-15,17H2,1-2H3. The van der Waals surface area contributed by atoms with Crippen molar-refractivity contribution in [3.8, 4) is 0 Å². The second-order valence-electron chi connectivity index (χ2n) is 7.51. The highest BCUT2D eigenvalue weighted by Gasteiger charge is 2.22. The molecule has 2 aromatic rings. The smallest absolute Gasteiger partial charge is 0.224 e. The molecule has 0 bridgehead atoms. The normalized spacial score (nSPS) is 15.1. The maximum absolute atomic E-state index is 12.5. The van der Waals surface area contributed by atoms with Crippen molar-refractivity contribution in [1.82, 2.24) is 4.90 Å². The summed E-state index contributed by atoms with van der Waals surface area (Å²) < 4.78 is 0. The van der Waals surface area contributed by atoms with Gasteiger partial charge in [0, 0.05) is 31.7 Å². The molecule has 0 aliphatic carbocycles. The first-order valence-corrected chi connectivity index (χ1v) is 9.74. The van der Waals surface area contributed by atoms with Crippen molar-refractivity contribution < 1.29 is 4.79 Å². The third-order valence-corrected chi connectivity index (χ3v) is 5.38. The number of nitrogens with one attached hydrogen (secondary N) is 1. The van der Waals surface area contributed by atoms with Gasteiger partial charge in [0.2, 0.25) is 5.91 Å². The number of nitrogens with zero attached hydrogens (tertiary/aromatic N) is 1. The van der Waals surface area contributed by atoms with Crippen LogP contribution in [-0.4, -0.2) is 30.4 Å². The van der Waals surface area contributed by atoms with Gasteiger partial charge in [0.1, 0.15) is 0 Å². The molecule has 0 atom stereocenters. The molecule has 3 rings (SSSR count). The van der Waals surface area contributed by atoms with E-state index < -0.39 is 0 Å². The van der Waals surface area contributed by atoms with E-state index in [1.165, 1.54) is 16.7 Å². The summed E-state index contributed by atoms with van der Waals surface area (Å²) in [6.45, 7) is 6.70. The molecule has 1 N–H and O–H groups in total. The van der Waals surface area contributed by atoms with E-state index in [0.717, 1.165) is 38.0 Å². The SMILES string of the molecule is Cc1ccc(C)c(NCCC(=O)N2CCC(Cc3ccccc3)CC2)c1. The van der Waals surface area contributed by atoms with Crippen LogP contribution in [0.5, 0.6) is 0 Å². The van der Waals surface area contributed by atoms with Gasteiger partial charge in [-0.25, -0.2) is 0 Å². The predicted molar refractivity (Wildman–Crippen MR) is 108 cm³/mol. The molecule has 26 heavy (non-hydrogen) atoms. The van der Waals surface area contributed by atoms with E-state index in [-0.39, 0.29) is 5.91 Å². The van der Waals surface area contributed by atoms with E-state index in [0.29, 0.717) is 18.9 Å². The number of likely N-dealkylation sites (tertiary alicyclic amines) is 1. The van der Waals surface area contributed by atoms with Gasteiger partial charge in [-0.3, -0.25) is 4.79 Å². The number of aryl methyl sites for hydroxylation is 2. The van der Waals surface area contributed by atoms with Gasteiger partial charge in [0.05, 0.1) is 0 Å². The zero-order chi connectivity index (χ0) is 18.4. The van der Waals surface area contributed by atoms with Crippen LogP contribution in [0.25, 0.3) is 0 Å². The van der Waals surface area contributed by atoms with E-state index in [4.69, 9.17) is 0 Å². The summed E-state index contributed by atoms with van der Waals surface area (Å²) in [6.07, 6.45) is 3.93. The molecule has 0 spiro atoms. The van der Waals surface area contributed by atoms with Crippen molar-refractivity contribution in [2.45, 2.75) is 39.5 Å². The molecule has 0 saturated carbocycles. The zero-order valence-electron chi connectivity index (χ0n) is 16.0. The van der Waals surface area contributed by atoms with Crippen LogP contribution in [0.2, 0.25) is 0 Å². The van der Waals surface area contributed by atoms with Gasteiger partial charge in [-0.05, 0) is 61.8 Å². The van der Waals surface area contributed by atoms with Gasteiger partial charge >= 0.3 is 0 Å². The van der Waals surface area contributed by atoms with Crippen LogP contribution in [0.15, 0.2) is 48.5 Å². The Bertz CT molecular complexity index is 718. The van der Waals surface area contributed by atoms with Gasteiger partial charge in [-0.15, -0.1) is 0 Å². The molecule has 2 aromatic carbocycles. The third kappa shape index (κ3) is 5.10. The summed E-state index contributed by atoms with van der Waals surface area (Å²) in [6, 6.07) is 17.1. The van der Waals surface area contributed by atoms with E-state index in [1.807, 2.05) is 4.90 Å². The molecule has 0 unspecified atom stereocenters. The Morgan fingerprint density at radius 2 is 1.81 bits per heavy atom. The minimum Gasteiger partial charge on any atom is -0.384 e. The summed E-state index contributed by atoms with van der Waals surface area (Å²) in [4.78, 5) is 14.5. The Kier molecular flexibility index (Phi) is 6.32.